The van der Waals surface area contributed by atoms with Gasteiger partial charge >= 0.3 is 0 Å². The van der Waals surface area contributed by atoms with Crippen LogP contribution in [0.25, 0.3) is 22.4 Å². The van der Waals surface area contributed by atoms with E-state index >= 15 is 8.78 Å². The van der Waals surface area contributed by atoms with Gasteiger partial charge < -0.3 is 34.4 Å². The van der Waals surface area contributed by atoms with Gasteiger partial charge in [-0.2, -0.15) is 5.10 Å². The van der Waals surface area contributed by atoms with Crippen molar-refractivity contribution < 1.29 is 33.0 Å². The van der Waals surface area contributed by atoms with Crippen molar-refractivity contribution in [3.63, 3.8) is 0 Å². The van der Waals surface area contributed by atoms with Crippen molar-refractivity contribution in [2.45, 2.75) is 38.8 Å². The molecule has 5 rings (SSSR count). The van der Waals surface area contributed by atoms with Gasteiger partial charge in [0.15, 0.2) is 17.5 Å². The van der Waals surface area contributed by atoms with E-state index in [9.17, 15) is 19.5 Å². The van der Waals surface area contributed by atoms with Crippen molar-refractivity contribution >= 4 is 35.0 Å². The van der Waals surface area contributed by atoms with Crippen LogP contribution in [0.2, 0.25) is 5.02 Å². The third-order valence-electron chi connectivity index (χ3n) is 9.27. The molecule has 0 radical (unpaired) electrons. The number of nitrogens with zero attached hydrogens (tertiary/aromatic N) is 7. The summed E-state index contributed by atoms with van der Waals surface area (Å²) in [5.41, 5.74) is 1.97. The van der Waals surface area contributed by atoms with Gasteiger partial charge in [-0.25, -0.2) is 13.8 Å². The van der Waals surface area contributed by atoms with Gasteiger partial charge in [0.2, 0.25) is 5.91 Å². The SMILES string of the molecule is CCc1c(-c2ccc(-c3cnc(C(=O)Nc4ccc(C(=O)N5CCN(C(=O)CCC(O)CN(C)C)CC5)c(Cl)c4)n3C)c(F)c2F)cnn1CCOC. The van der Waals surface area contributed by atoms with Gasteiger partial charge in [0, 0.05) is 81.4 Å². The van der Waals surface area contributed by atoms with E-state index in [1.54, 1.807) is 21.6 Å². The fraction of sp³-hybridized carbons (Fsp3) is 0.432. The number of hydrogen-bond donors (Lipinski definition) is 2. The van der Waals surface area contributed by atoms with Crippen LogP contribution in [0.4, 0.5) is 14.5 Å². The van der Waals surface area contributed by atoms with E-state index in [1.807, 2.05) is 25.9 Å². The number of halogens is 3. The van der Waals surface area contributed by atoms with Crippen LogP contribution in [-0.4, -0.2) is 123 Å². The number of ether oxygens (including phenoxy) is 1. The maximum Gasteiger partial charge on any atom is 0.291 e. The number of aliphatic hydroxyl groups excluding tert-OH is 1. The Morgan fingerprint density at radius 2 is 1.70 bits per heavy atom. The largest absolute Gasteiger partial charge is 0.392 e. The van der Waals surface area contributed by atoms with Crippen LogP contribution in [0, 0.1) is 11.6 Å². The maximum atomic E-state index is 15.6. The molecule has 13 nitrogen and oxygen atoms in total. The Balaban J connectivity index is 1.22. The molecule has 1 aliphatic heterocycles. The van der Waals surface area contributed by atoms with Crippen molar-refractivity contribution in [1.29, 1.82) is 0 Å². The van der Waals surface area contributed by atoms with E-state index in [1.165, 1.54) is 54.3 Å². The number of carbonyl (C=O) groups excluding carboxylic acids is 3. The highest BCUT2D eigenvalue weighted by Gasteiger charge is 2.27. The van der Waals surface area contributed by atoms with Crippen molar-refractivity contribution in [2.75, 3.05) is 65.9 Å². The minimum Gasteiger partial charge on any atom is -0.392 e. The Morgan fingerprint density at radius 3 is 2.36 bits per heavy atom. The summed E-state index contributed by atoms with van der Waals surface area (Å²) in [6.07, 6.45) is 3.38. The molecule has 1 fully saturated rings. The van der Waals surface area contributed by atoms with E-state index in [2.05, 4.69) is 15.4 Å². The molecule has 1 unspecified atom stereocenters. The Hall–Kier alpha value is -4.70. The molecule has 53 heavy (non-hydrogen) atoms. The topological polar surface area (TPSA) is 138 Å². The zero-order valence-corrected chi connectivity index (χ0v) is 31.3. The van der Waals surface area contributed by atoms with Crippen molar-refractivity contribution in [3.8, 4) is 22.4 Å². The molecule has 1 aliphatic rings. The highest BCUT2D eigenvalue weighted by atomic mass is 35.5. The highest BCUT2D eigenvalue weighted by Crippen LogP contribution is 2.34. The van der Waals surface area contributed by atoms with Crippen molar-refractivity contribution in [3.05, 3.63) is 76.5 Å². The average Bonchev–Trinajstić information content (AvgIpc) is 3.73. The lowest BCUT2D eigenvalue weighted by molar-refractivity contribution is -0.133. The zero-order valence-electron chi connectivity index (χ0n) is 30.5. The van der Waals surface area contributed by atoms with Crippen LogP contribution in [0.5, 0.6) is 0 Å². The van der Waals surface area contributed by atoms with Crippen LogP contribution in [0.3, 0.4) is 0 Å². The maximum absolute atomic E-state index is 15.6. The Kier molecular flexibility index (Phi) is 13.0. The molecule has 0 aliphatic carbocycles. The number of methoxy groups -OCH3 is 1. The van der Waals surface area contributed by atoms with Gasteiger partial charge in [-0.05, 0) is 51.2 Å². The van der Waals surface area contributed by atoms with Gasteiger partial charge in [0.25, 0.3) is 11.8 Å². The summed E-state index contributed by atoms with van der Waals surface area (Å²) in [7, 11) is 6.82. The van der Waals surface area contributed by atoms with E-state index in [4.69, 9.17) is 16.3 Å². The minimum absolute atomic E-state index is 0.0625. The fourth-order valence-corrected chi connectivity index (χ4v) is 6.71. The molecular weight excluding hydrogens is 710 g/mol. The molecule has 2 N–H and O–H groups in total. The van der Waals surface area contributed by atoms with E-state index < -0.39 is 23.6 Å². The molecule has 1 saturated heterocycles. The van der Waals surface area contributed by atoms with E-state index in [-0.39, 0.29) is 51.5 Å². The smallest absolute Gasteiger partial charge is 0.291 e. The molecule has 2 aromatic heterocycles. The number of carbonyl (C=O) groups is 3. The molecule has 16 heteroatoms. The normalized spacial score (nSPS) is 13.8. The number of hydrogen-bond acceptors (Lipinski definition) is 8. The van der Waals surface area contributed by atoms with Gasteiger partial charge in [-0.1, -0.05) is 24.6 Å². The Bertz CT molecular complexity index is 1960. The highest BCUT2D eigenvalue weighted by molar-refractivity contribution is 6.34. The van der Waals surface area contributed by atoms with Crippen LogP contribution in [-0.2, 0) is 29.5 Å². The number of rotatable bonds is 14. The summed E-state index contributed by atoms with van der Waals surface area (Å²) in [5.74, 6) is -3.18. The third-order valence-corrected chi connectivity index (χ3v) is 9.59. The van der Waals surface area contributed by atoms with E-state index in [0.717, 1.165) is 5.69 Å². The predicted octanol–water partition coefficient (Wildman–Crippen LogP) is 4.33. The first-order valence-corrected chi connectivity index (χ1v) is 17.8. The summed E-state index contributed by atoms with van der Waals surface area (Å²) < 4.78 is 39.4. The molecule has 3 amide bonds. The molecule has 0 saturated carbocycles. The lowest BCUT2D eigenvalue weighted by atomic mass is 10.0. The second-order valence-electron chi connectivity index (χ2n) is 13.2. The standard InChI is InChI=1S/C37H45ClF2N8O5/c1-6-30-28(20-42-48(30)17-18-53-5)25-10-11-27(34(40)33(25)39)31-21-41-35(45(31)4)36(51)43-23-7-9-26(29(38)19-23)37(52)47-15-13-46(14-16-47)32(50)12-8-24(49)22-44(2)3/h7,9-11,19-21,24,49H,6,8,12-18,22H2,1-5H3,(H,43,51). The van der Waals surface area contributed by atoms with Gasteiger partial charge in [0.05, 0.1) is 47.9 Å². The monoisotopic (exact) mass is 754 g/mol. The first kappa shape index (κ1) is 39.5. The van der Waals surface area contributed by atoms with Crippen LogP contribution >= 0.6 is 11.6 Å². The summed E-state index contributed by atoms with van der Waals surface area (Å²) >= 11 is 6.51. The first-order valence-electron chi connectivity index (χ1n) is 17.4. The van der Waals surface area contributed by atoms with Crippen molar-refractivity contribution in [1.82, 2.24) is 34.0 Å². The molecular formula is C37H45ClF2N8O5. The number of amides is 3. The van der Waals surface area contributed by atoms with E-state index in [0.29, 0.717) is 70.0 Å². The number of anilines is 1. The zero-order chi connectivity index (χ0) is 38.4. The number of nitrogens with one attached hydrogen (secondary N) is 1. The summed E-state index contributed by atoms with van der Waals surface area (Å²) in [5, 5.41) is 17.2. The van der Waals surface area contributed by atoms with Crippen LogP contribution < -0.4 is 5.32 Å². The predicted molar refractivity (Wildman–Crippen MR) is 197 cm³/mol. The number of aliphatic hydroxyl groups is 1. The molecule has 3 heterocycles. The van der Waals surface area contributed by atoms with Crippen molar-refractivity contribution in [2.24, 2.45) is 7.05 Å². The lowest BCUT2D eigenvalue weighted by Gasteiger charge is -2.35. The van der Waals surface area contributed by atoms with Gasteiger partial charge in [-0.15, -0.1) is 0 Å². The van der Waals surface area contributed by atoms with Gasteiger partial charge in [-0.3, -0.25) is 19.1 Å². The van der Waals surface area contributed by atoms with Gasteiger partial charge in [0.1, 0.15) is 0 Å². The fourth-order valence-electron chi connectivity index (χ4n) is 6.45. The summed E-state index contributed by atoms with van der Waals surface area (Å²) in [4.78, 5) is 48.6. The van der Waals surface area contributed by atoms with Crippen LogP contribution in [0.15, 0.2) is 42.7 Å². The molecule has 4 aromatic rings. The number of likely N-dealkylation sites (N-methyl/N-ethyl adjacent to an activating group) is 1. The average molecular weight is 755 g/mol. The third kappa shape index (κ3) is 8.92. The lowest BCUT2D eigenvalue weighted by Crippen LogP contribution is -2.50. The minimum atomic E-state index is -1.08. The van der Waals surface area contributed by atoms with Crippen LogP contribution in [0.1, 0.15) is 46.4 Å². The molecule has 0 spiro atoms. The molecule has 284 valence electrons. The number of benzene rings is 2. The second kappa shape index (κ2) is 17.4. The quantitative estimate of drug-likeness (QED) is 0.194. The summed E-state index contributed by atoms with van der Waals surface area (Å²) in [6, 6.07) is 7.44. The number of piperazine rings is 1. The molecule has 2 aromatic carbocycles. The Morgan fingerprint density at radius 1 is 1.02 bits per heavy atom. The summed E-state index contributed by atoms with van der Waals surface area (Å²) in [6.45, 7) is 4.68. The number of imidazole rings is 1. The second-order valence-corrected chi connectivity index (χ2v) is 13.6. The Labute approximate surface area is 312 Å². The number of aromatic nitrogens is 4. The molecule has 0 bridgehead atoms. The molecule has 1 atom stereocenters. The first-order chi connectivity index (χ1) is 25.3.